The lowest BCUT2D eigenvalue weighted by molar-refractivity contribution is -0.156. The van der Waals surface area contributed by atoms with Crippen molar-refractivity contribution in [3.63, 3.8) is 0 Å². The number of ether oxygens (including phenoxy) is 2. The molecule has 53 heavy (non-hydrogen) atoms. The molecule has 0 amide bonds. The van der Waals surface area contributed by atoms with E-state index in [4.69, 9.17) is 32.7 Å². The summed E-state index contributed by atoms with van der Waals surface area (Å²) in [5, 5.41) is 26.4. The van der Waals surface area contributed by atoms with Crippen molar-refractivity contribution in [2.45, 2.75) is 27.5 Å². The number of carboxylic acids is 1. The fraction of sp³-hybridized carbons (Fsp3) is 0.171. The summed E-state index contributed by atoms with van der Waals surface area (Å²) >= 11 is 12.0. The molecular weight excluding hydrogens is 727 g/mol. The summed E-state index contributed by atoms with van der Waals surface area (Å²) in [5.41, 5.74) is 4.71. The van der Waals surface area contributed by atoms with Gasteiger partial charge < -0.3 is 19.6 Å². The molecule has 6 heterocycles. The minimum Gasteiger partial charge on any atom is -0.478 e. The monoisotopic (exact) mass is 754 g/mol. The van der Waals surface area contributed by atoms with Crippen LogP contribution in [0.15, 0.2) is 61.2 Å². The quantitative estimate of drug-likeness (QED) is 0.129. The molecule has 4 N–H and O–H groups in total. The third-order valence-corrected chi connectivity index (χ3v) is 8.53. The minimum atomic E-state index is -1.06. The van der Waals surface area contributed by atoms with Crippen LogP contribution in [0.25, 0.3) is 66.9 Å². The van der Waals surface area contributed by atoms with E-state index < -0.39 is 17.4 Å². The second kappa shape index (κ2) is 13.6. The highest BCUT2D eigenvalue weighted by Gasteiger charge is 2.25. The van der Waals surface area contributed by atoms with Crippen molar-refractivity contribution in [2.24, 2.45) is 5.41 Å². The molecule has 8 rings (SSSR count). The lowest BCUT2D eigenvalue weighted by atomic mass is 9.98. The Morgan fingerprint density at radius 2 is 1.43 bits per heavy atom. The fourth-order valence-electron chi connectivity index (χ4n) is 5.41. The normalized spacial score (nSPS) is 11.6. The third kappa shape index (κ3) is 6.72. The molecule has 8 aromatic rings. The summed E-state index contributed by atoms with van der Waals surface area (Å²) < 4.78 is 11.8. The maximum absolute atomic E-state index is 12.3. The van der Waals surface area contributed by atoms with Gasteiger partial charge in [0, 0.05) is 33.2 Å². The predicted molar refractivity (Wildman–Crippen MR) is 195 cm³/mol. The van der Waals surface area contributed by atoms with E-state index in [1.807, 2.05) is 12.1 Å². The summed E-state index contributed by atoms with van der Waals surface area (Å²) in [5.74, 6) is -2.01. The summed E-state index contributed by atoms with van der Waals surface area (Å²) in [7, 11) is 1.29. The molecule has 18 heteroatoms. The molecule has 268 valence electrons. The Hall–Kier alpha value is -6.39. The van der Waals surface area contributed by atoms with Crippen molar-refractivity contribution in [1.82, 2.24) is 49.9 Å². The van der Waals surface area contributed by atoms with E-state index in [9.17, 15) is 19.5 Å². The van der Waals surface area contributed by atoms with Crippen LogP contribution >= 0.6 is 23.2 Å². The predicted octanol–water partition coefficient (Wildman–Crippen LogP) is 6.81. The van der Waals surface area contributed by atoms with Crippen LogP contribution in [0.5, 0.6) is 0 Å². The van der Waals surface area contributed by atoms with E-state index in [0.29, 0.717) is 55.1 Å². The number of carbonyl (C=O) groups is 3. The van der Waals surface area contributed by atoms with Gasteiger partial charge in [-0.15, -0.1) is 0 Å². The molecule has 6 aromatic heterocycles. The summed E-state index contributed by atoms with van der Waals surface area (Å²) in [4.78, 5) is 56.1. The van der Waals surface area contributed by atoms with Crippen LogP contribution in [0.3, 0.4) is 0 Å². The fourth-order valence-corrected chi connectivity index (χ4v) is 5.76. The van der Waals surface area contributed by atoms with Gasteiger partial charge in [-0.2, -0.15) is 10.2 Å². The van der Waals surface area contributed by atoms with Crippen LogP contribution in [0.2, 0.25) is 10.0 Å². The van der Waals surface area contributed by atoms with Crippen molar-refractivity contribution in [2.75, 3.05) is 7.11 Å². The molecule has 0 unspecified atom stereocenters. The summed E-state index contributed by atoms with van der Waals surface area (Å²) in [6.45, 7) is 5.17. The van der Waals surface area contributed by atoms with Gasteiger partial charge in [-0.3, -0.25) is 19.6 Å². The molecule has 0 aliphatic heterocycles. The molecule has 0 aliphatic rings. The van der Waals surface area contributed by atoms with Gasteiger partial charge in [0.15, 0.2) is 18.0 Å². The first kappa shape index (κ1) is 35.0. The second-order valence-corrected chi connectivity index (χ2v) is 13.6. The number of esters is 2. The molecule has 0 atom stereocenters. The smallest absolute Gasteiger partial charge is 0.341 e. The van der Waals surface area contributed by atoms with E-state index >= 15 is 0 Å². The van der Waals surface area contributed by atoms with Crippen molar-refractivity contribution in [3.8, 4) is 22.8 Å². The Morgan fingerprint density at radius 1 is 0.849 bits per heavy atom. The average Bonchev–Trinajstić information content (AvgIpc) is 3.93. The highest BCUT2D eigenvalue weighted by atomic mass is 35.5. The van der Waals surface area contributed by atoms with Gasteiger partial charge in [0.05, 0.1) is 36.0 Å². The number of carboxylic acid groups (broad SMARTS) is 1. The number of aromatic nitrogens is 10. The number of carbonyl (C=O) groups excluding carboxylic acids is 2. The lowest BCUT2D eigenvalue weighted by Gasteiger charge is -2.16. The number of methoxy groups -OCH3 is 1. The number of nitrogens with zero attached hydrogens (tertiary/aromatic N) is 7. The largest absolute Gasteiger partial charge is 0.478 e. The SMILES string of the molecule is COC(=O)c1cn(COC(=O)C(C)(C)C)c2ncc(-c3n[nH]c4cc(Cl)ccc34)nc12.O=C(O)c1c[nH]c2ncc(-c3n[nH]c4cc(Cl)ccc34)nc12. The van der Waals surface area contributed by atoms with Gasteiger partial charge in [-0.1, -0.05) is 23.2 Å². The van der Waals surface area contributed by atoms with Gasteiger partial charge in [0.25, 0.3) is 0 Å². The standard InChI is InChI=1S/C21H20ClN5O4.C14H8ClN5O2/c1-21(2,3)20(29)31-10-27-9-13(19(28)30-4)17-18(27)23-8-15(24-17)16-12-6-5-11(22)7-14(12)25-26-16;15-6-1-2-7-9(3-6)19-20-11(7)10-5-17-13-12(18-10)8(4-16-13)14(21)22/h5-9H,10H2,1-4H3,(H,25,26);1-5H,(H,16,17)(H,19,20)(H,21,22). The Kier molecular flexibility index (Phi) is 9.01. The number of benzene rings is 2. The Balaban J connectivity index is 0.000000173. The zero-order chi connectivity index (χ0) is 37.6. The van der Waals surface area contributed by atoms with Crippen LogP contribution in [-0.2, 0) is 21.0 Å². The van der Waals surface area contributed by atoms with E-state index in [2.05, 4.69) is 45.3 Å². The first-order valence-corrected chi connectivity index (χ1v) is 16.5. The first-order valence-electron chi connectivity index (χ1n) is 15.8. The molecule has 0 spiro atoms. The third-order valence-electron chi connectivity index (χ3n) is 8.06. The highest BCUT2D eigenvalue weighted by molar-refractivity contribution is 6.31. The Morgan fingerprint density at radius 3 is 2.00 bits per heavy atom. The number of hydrogen-bond acceptors (Lipinski definition) is 11. The van der Waals surface area contributed by atoms with Crippen LogP contribution in [0, 0.1) is 5.41 Å². The van der Waals surface area contributed by atoms with Gasteiger partial charge in [-0.05, 0) is 57.2 Å². The lowest BCUT2D eigenvalue weighted by Crippen LogP contribution is -2.24. The molecular formula is C35H28Cl2N10O6. The van der Waals surface area contributed by atoms with E-state index in [1.165, 1.54) is 19.5 Å². The highest BCUT2D eigenvalue weighted by Crippen LogP contribution is 2.30. The molecule has 0 bridgehead atoms. The number of fused-ring (bicyclic) bond motifs is 4. The zero-order valence-corrected chi connectivity index (χ0v) is 29.9. The number of hydrogen-bond donors (Lipinski definition) is 4. The van der Waals surface area contributed by atoms with Crippen LogP contribution in [-0.4, -0.2) is 80.0 Å². The molecule has 2 aromatic carbocycles. The van der Waals surface area contributed by atoms with Gasteiger partial charge in [0.2, 0.25) is 0 Å². The molecule has 16 nitrogen and oxygen atoms in total. The maximum atomic E-state index is 12.3. The number of aromatic carboxylic acids is 1. The molecule has 0 saturated carbocycles. The van der Waals surface area contributed by atoms with E-state index in [1.54, 1.807) is 62.0 Å². The average molecular weight is 756 g/mol. The van der Waals surface area contributed by atoms with E-state index in [-0.39, 0.29) is 23.8 Å². The van der Waals surface area contributed by atoms with Crippen molar-refractivity contribution >= 4 is 85.2 Å². The number of nitrogens with one attached hydrogen (secondary N) is 3. The minimum absolute atomic E-state index is 0.0761. The molecule has 0 fully saturated rings. The van der Waals surface area contributed by atoms with Crippen molar-refractivity contribution in [1.29, 1.82) is 0 Å². The Bertz CT molecular complexity index is 2720. The number of halogens is 2. The van der Waals surface area contributed by atoms with Crippen LogP contribution in [0.1, 0.15) is 41.5 Å². The topological polar surface area (TPSA) is 220 Å². The summed E-state index contributed by atoms with van der Waals surface area (Å²) in [6, 6.07) is 10.7. The van der Waals surface area contributed by atoms with Crippen molar-refractivity contribution < 1.29 is 29.0 Å². The molecule has 0 saturated heterocycles. The molecule has 0 aliphatic carbocycles. The van der Waals surface area contributed by atoms with Crippen LogP contribution in [0.4, 0.5) is 0 Å². The van der Waals surface area contributed by atoms with E-state index in [0.717, 1.165) is 21.8 Å². The maximum Gasteiger partial charge on any atom is 0.341 e. The van der Waals surface area contributed by atoms with Gasteiger partial charge in [-0.25, -0.2) is 29.5 Å². The summed E-state index contributed by atoms with van der Waals surface area (Å²) in [6.07, 6.45) is 5.99. The van der Waals surface area contributed by atoms with Crippen molar-refractivity contribution in [3.05, 3.63) is 82.4 Å². The zero-order valence-electron chi connectivity index (χ0n) is 28.4. The Labute approximate surface area is 308 Å². The van der Waals surface area contributed by atoms with Gasteiger partial charge in [0.1, 0.15) is 44.9 Å². The van der Waals surface area contributed by atoms with Gasteiger partial charge >= 0.3 is 17.9 Å². The number of H-pyrrole nitrogens is 3. The number of rotatable bonds is 6. The first-order chi connectivity index (χ1) is 25.3. The van der Waals surface area contributed by atoms with Crippen LogP contribution < -0.4 is 0 Å². The number of aromatic amines is 3. The second-order valence-electron chi connectivity index (χ2n) is 12.7. The molecule has 0 radical (unpaired) electrons.